The third-order valence-electron chi connectivity index (χ3n) is 4.98. The first kappa shape index (κ1) is 24.8. The second-order valence-corrected chi connectivity index (χ2v) is 8.67. The molecular weight excluding hydrogens is 434 g/mol. The fourth-order valence-electron chi connectivity index (χ4n) is 3.43. The zero-order valence-corrected chi connectivity index (χ0v) is 20.2. The van der Waals surface area contributed by atoms with Gasteiger partial charge in [0.2, 0.25) is 0 Å². The Morgan fingerprint density at radius 1 is 1.06 bits per heavy atom. The van der Waals surface area contributed by atoms with E-state index in [1.807, 2.05) is 37.3 Å². The number of carbonyl (C=O) groups excluding carboxylic acids is 2. The fraction of sp³-hybridized carbons (Fsp3) is 0.346. The van der Waals surface area contributed by atoms with E-state index >= 15 is 0 Å². The molecular formula is C26H31N3O5. The maximum atomic E-state index is 13.2. The van der Waals surface area contributed by atoms with Crippen LogP contribution >= 0.6 is 0 Å². The van der Waals surface area contributed by atoms with Gasteiger partial charge in [-0.2, -0.15) is 0 Å². The zero-order chi connectivity index (χ0) is 24.7. The molecule has 180 valence electrons. The van der Waals surface area contributed by atoms with Gasteiger partial charge in [-0.3, -0.25) is 4.98 Å². The van der Waals surface area contributed by atoms with Crippen molar-refractivity contribution in [2.24, 2.45) is 0 Å². The number of ether oxygens (including phenoxy) is 3. The molecule has 1 aromatic carbocycles. The van der Waals surface area contributed by atoms with Gasteiger partial charge in [-0.05, 0) is 69.2 Å². The van der Waals surface area contributed by atoms with E-state index in [-0.39, 0.29) is 18.8 Å². The topological polar surface area (TPSA) is 103 Å². The third-order valence-corrected chi connectivity index (χ3v) is 4.98. The molecule has 3 aromatic rings. The first-order valence-electron chi connectivity index (χ1n) is 11.1. The number of benzene rings is 1. The summed E-state index contributed by atoms with van der Waals surface area (Å²) in [6.07, 6.45) is 2.09. The minimum absolute atomic E-state index is 0.0289. The molecule has 0 unspecified atom stereocenters. The lowest BCUT2D eigenvalue weighted by molar-refractivity contribution is 0.00622. The highest BCUT2D eigenvalue weighted by Crippen LogP contribution is 2.25. The standard InChI is InChI=1S/C26H31N3O5/c1-6-20-22(24(30)33-16-18-9-7-8-14-27-18)21(29-23(20)25(31)34-26(2,3)4)15-28-17-10-12-19(32-5)13-11-17/h7-14,28-29H,6,15-16H2,1-5H3. The van der Waals surface area contributed by atoms with Crippen LogP contribution in [0.1, 0.15) is 65.5 Å². The number of rotatable bonds is 9. The highest BCUT2D eigenvalue weighted by Gasteiger charge is 2.29. The van der Waals surface area contributed by atoms with E-state index in [1.165, 1.54) is 0 Å². The quantitative estimate of drug-likeness (QED) is 0.433. The van der Waals surface area contributed by atoms with Gasteiger partial charge in [0.15, 0.2) is 0 Å². The molecule has 3 rings (SSSR count). The molecule has 8 heteroatoms. The van der Waals surface area contributed by atoms with Crippen LogP contribution in [0.25, 0.3) is 0 Å². The van der Waals surface area contributed by atoms with Crippen molar-refractivity contribution in [1.82, 2.24) is 9.97 Å². The summed E-state index contributed by atoms with van der Waals surface area (Å²) in [6, 6.07) is 12.8. The first-order valence-corrected chi connectivity index (χ1v) is 11.1. The van der Waals surface area contributed by atoms with Crippen molar-refractivity contribution in [3.05, 3.63) is 76.9 Å². The van der Waals surface area contributed by atoms with Crippen molar-refractivity contribution >= 4 is 17.6 Å². The van der Waals surface area contributed by atoms with Crippen LogP contribution in [0.4, 0.5) is 5.69 Å². The van der Waals surface area contributed by atoms with Gasteiger partial charge in [0.1, 0.15) is 23.7 Å². The smallest absolute Gasteiger partial charge is 0.355 e. The maximum Gasteiger partial charge on any atom is 0.355 e. The molecule has 0 aliphatic carbocycles. The van der Waals surface area contributed by atoms with Crippen LogP contribution in [0.2, 0.25) is 0 Å². The summed E-state index contributed by atoms with van der Waals surface area (Å²) >= 11 is 0. The summed E-state index contributed by atoms with van der Waals surface area (Å²) in [7, 11) is 1.61. The van der Waals surface area contributed by atoms with Crippen LogP contribution in [-0.4, -0.2) is 34.6 Å². The third kappa shape index (κ3) is 6.37. The van der Waals surface area contributed by atoms with Crippen molar-refractivity contribution in [2.75, 3.05) is 12.4 Å². The number of H-pyrrole nitrogens is 1. The van der Waals surface area contributed by atoms with Gasteiger partial charge in [-0.15, -0.1) is 0 Å². The fourth-order valence-corrected chi connectivity index (χ4v) is 3.43. The summed E-state index contributed by atoms with van der Waals surface area (Å²) in [4.78, 5) is 33.4. The molecule has 0 fully saturated rings. The molecule has 0 aliphatic rings. The van der Waals surface area contributed by atoms with Crippen LogP contribution in [-0.2, 0) is 29.0 Å². The normalized spacial score (nSPS) is 11.1. The van der Waals surface area contributed by atoms with Crippen LogP contribution in [0.5, 0.6) is 5.75 Å². The van der Waals surface area contributed by atoms with Crippen LogP contribution in [0, 0.1) is 0 Å². The average molecular weight is 466 g/mol. The highest BCUT2D eigenvalue weighted by atomic mass is 16.6. The lowest BCUT2D eigenvalue weighted by Crippen LogP contribution is -2.24. The number of hydrogen-bond acceptors (Lipinski definition) is 7. The van der Waals surface area contributed by atoms with E-state index in [0.29, 0.717) is 28.9 Å². The van der Waals surface area contributed by atoms with E-state index < -0.39 is 17.5 Å². The van der Waals surface area contributed by atoms with Gasteiger partial charge >= 0.3 is 11.9 Å². The number of aromatic amines is 1. The molecule has 2 aromatic heterocycles. The van der Waals surface area contributed by atoms with Gasteiger partial charge in [0.05, 0.1) is 24.9 Å². The second kappa shape index (κ2) is 10.9. The summed E-state index contributed by atoms with van der Waals surface area (Å²) in [5, 5.41) is 3.27. The van der Waals surface area contributed by atoms with Gasteiger partial charge in [-0.25, -0.2) is 9.59 Å². The Morgan fingerprint density at radius 2 is 1.79 bits per heavy atom. The molecule has 0 saturated heterocycles. The number of methoxy groups -OCH3 is 1. The summed E-state index contributed by atoms with van der Waals surface area (Å²) in [6.45, 7) is 7.58. The molecule has 8 nitrogen and oxygen atoms in total. The minimum Gasteiger partial charge on any atom is -0.497 e. The van der Waals surface area contributed by atoms with Crippen LogP contribution in [0.3, 0.4) is 0 Å². The first-order chi connectivity index (χ1) is 16.2. The van der Waals surface area contributed by atoms with Crippen molar-refractivity contribution < 1.29 is 23.8 Å². The Labute approximate surface area is 199 Å². The Bertz CT molecular complexity index is 1120. The Hall–Kier alpha value is -3.81. The summed E-state index contributed by atoms with van der Waals surface area (Å²) < 4.78 is 16.3. The summed E-state index contributed by atoms with van der Waals surface area (Å²) in [5.74, 6) is -0.302. The molecule has 2 N–H and O–H groups in total. The largest absolute Gasteiger partial charge is 0.497 e. The molecule has 0 aliphatic heterocycles. The molecule has 0 atom stereocenters. The molecule has 0 bridgehead atoms. The predicted molar refractivity (Wildman–Crippen MR) is 129 cm³/mol. The molecule has 2 heterocycles. The predicted octanol–water partition coefficient (Wildman–Crippen LogP) is 4.91. The van der Waals surface area contributed by atoms with Crippen molar-refractivity contribution in [3.63, 3.8) is 0 Å². The monoisotopic (exact) mass is 465 g/mol. The SMILES string of the molecule is CCc1c(C(=O)OC(C)(C)C)[nH]c(CNc2ccc(OC)cc2)c1C(=O)OCc1ccccn1. The number of nitrogens with one attached hydrogen (secondary N) is 2. The molecule has 0 amide bonds. The molecule has 34 heavy (non-hydrogen) atoms. The van der Waals surface area contributed by atoms with Gasteiger partial charge in [0, 0.05) is 17.6 Å². The lowest BCUT2D eigenvalue weighted by Gasteiger charge is -2.19. The van der Waals surface area contributed by atoms with Gasteiger partial charge in [-0.1, -0.05) is 13.0 Å². The second-order valence-electron chi connectivity index (χ2n) is 8.67. The van der Waals surface area contributed by atoms with E-state index in [2.05, 4.69) is 15.3 Å². The number of hydrogen-bond donors (Lipinski definition) is 2. The number of anilines is 1. The van der Waals surface area contributed by atoms with Crippen LogP contribution in [0.15, 0.2) is 48.7 Å². The minimum atomic E-state index is -0.672. The zero-order valence-electron chi connectivity index (χ0n) is 20.2. The number of esters is 2. The molecule has 0 spiro atoms. The molecule has 0 saturated carbocycles. The number of carbonyl (C=O) groups is 2. The Balaban J connectivity index is 1.90. The van der Waals surface area contributed by atoms with Crippen LogP contribution < -0.4 is 10.1 Å². The van der Waals surface area contributed by atoms with E-state index in [4.69, 9.17) is 14.2 Å². The maximum absolute atomic E-state index is 13.2. The highest BCUT2D eigenvalue weighted by molar-refractivity contribution is 5.99. The Kier molecular flexibility index (Phi) is 7.94. The van der Waals surface area contributed by atoms with Gasteiger partial charge < -0.3 is 24.5 Å². The Morgan fingerprint density at radius 3 is 2.38 bits per heavy atom. The number of nitrogens with zero attached hydrogens (tertiary/aromatic N) is 1. The van der Waals surface area contributed by atoms with Crippen molar-refractivity contribution in [3.8, 4) is 5.75 Å². The van der Waals surface area contributed by atoms with E-state index in [9.17, 15) is 9.59 Å². The molecule has 0 radical (unpaired) electrons. The van der Waals surface area contributed by atoms with E-state index in [1.54, 1.807) is 46.2 Å². The summed E-state index contributed by atoms with van der Waals surface area (Å²) in [5.41, 5.74) is 2.49. The number of aromatic nitrogens is 2. The lowest BCUT2D eigenvalue weighted by atomic mass is 10.1. The average Bonchev–Trinajstić information content (AvgIpc) is 3.20. The van der Waals surface area contributed by atoms with Gasteiger partial charge in [0.25, 0.3) is 0 Å². The van der Waals surface area contributed by atoms with Crippen molar-refractivity contribution in [1.29, 1.82) is 0 Å². The van der Waals surface area contributed by atoms with E-state index in [0.717, 1.165) is 11.4 Å². The number of pyridine rings is 1. The van der Waals surface area contributed by atoms with Crippen molar-refractivity contribution in [2.45, 2.75) is 52.9 Å².